The monoisotopic (exact) mass is 338 g/mol. The summed E-state index contributed by atoms with van der Waals surface area (Å²) >= 11 is 0. The van der Waals surface area contributed by atoms with Crippen molar-refractivity contribution in [2.24, 2.45) is 0 Å². The molecule has 25 heavy (non-hydrogen) atoms. The average Bonchev–Trinajstić information content (AvgIpc) is 2.67. The van der Waals surface area contributed by atoms with Crippen LogP contribution in [0.2, 0.25) is 0 Å². The van der Waals surface area contributed by atoms with Crippen LogP contribution in [-0.4, -0.2) is 12.9 Å². The Hall–Kier alpha value is -2.09. The molecule has 0 heterocycles. The van der Waals surface area contributed by atoms with Crippen molar-refractivity contribution in [3.8, 4) is 5.75 Å². The van der Waals surface area contributed by atoms with Crippen molar-refractivity contribution >= 4 is 5.78 Å². The van der Waals surface area contributed by atoms with Crippen molar-refractivity contribution in [3.05, 3.63) is 65.2 Å². The van der Waals surface area contributed by atoms with Crippen LogP contribution in [0, 0.1) is 0 Å². The molecular formula is C23H30O2. The molecule has 2 heteroatoms. The number of carbonyl (C=O) groups excluding carboxylic acids is 1. The van der Waals surface area contributed by atoms with Crippen LogP contribution in [0.3, 0.4) is 0 Å². The first-order valence-corrected chi connectivity index (χ1v) is 9.53. The quantitative estimate of drug-likeness (QED) is 0.359. The lowest BCUT2D eigenvalue weighted by molar-refractivity contribution is 0.103. The van der Waals surface area contributed by atoms with Gasteiger partial charge in [0, 0.05) is 5.56 Å². The predicted molar refractivity (Wildman–Crippen MR) is 105 cm³/mol. The molecule has 0 aromatic heterocycles. The number of ketones is 1. The highest BCUT2D eigenvalue weighted by Gasteiger charge is 2.14. The van der Waals surface area contributed by atoms with Crippen molar-refractivity contribution < 1.29 is 9.53 Å². The van der Waals surface area contributed by atoms with E-state index >= 15 is 0 Å². The first-order chi connectivity index (χ1) is 12.3. The molecule has 0 aliphatic carbocycles. The number of rotatable bonds is 11. The fourth-order valence-electron chi connectivity index (χ4n) is 3.12. The average molecular weight is 338 g/mol. The fourth-order valence-corrected chi connectivity index (χ4v) is 3.12. The molecule has 0 radical (unpaired) electrons. The van der Waals surface area contributed by atoms with Gasteiger partial charge in [0.15, 0.2) is 5.78 Å². The SMILES string of the molecule is CCCCCCCCCc1ccc(OC)c(C(=O)c2ccccc2)c1. The van der Waals surface area contributed by atoms with Crippen LogP contribution in [0.4, 0.5) is 0 Å². The third-order valence-electron chi connectivity index (χ3n) is 4.61. The summed E-state index contributed by atoms with van der Waals surface area (Å²) in [6.07, 6.45) is 10.1. The molecule has 0 atom stereocenters. The second kappa shape index (κ2) is 10.7. The Kier molecular flexibility index (Phi) is 8.24. The Labute approximate surface area is 152 Å². The van der Waals surface area contributed by atoms with Crippen molar-refractivity contribution in [1.29, 1.82) is 0 Å². The summed E-state index contributed by atoms with van der Waals surface area (Å²) in [6.45, 7) is 2.25. The van der Waals surface area contributed by atoms with Crippen molar-refractivity contribution in [2.75, 3.05) is 7.11 Å². The standard InChI is InChI=1S/C23H30O2/c1-3-4-5-6-7-8-10-13-19-16-17-22(25-2)21(18-19)23(24)20-14-11-9-12-15-20/h9,11-12,14-18H,3-8,10,13H2,1-2H3. The van der Waals surface area contributed by atoms with Crippen LogP contribution in [0.1, 0.15) is 73.4 Å². The van der Waals surface area contributed by atoms with Gasteiger partial charge in [0.1, 0.15) is 5.75 Å². The Morgan fingerprint density at radius 3 is 2.24 bits per heavy atom. The van der Waals surface area contributed by atoms with Gasteiger partial charge >= 0.3 is 0 Å². The van der Waals surface area contributed by atoms with Gasteiger partial charge in [0.05, 0.1) is 12.7 Å². The van der Waals surface area contributed by atoms with E-state index in [1.807, 2.05) is 42.5 Å². The molecule has 2 aromatic carbocycles. The molecule has 2 aromatic rings. The van der Waals surface area contributed by atoms with Crippen LogP contribution >= 0.6 is 0 Å². The van der Waals surface area contributed by atoms with Gasteiger partial charge in [-0.3, -0.25) is 4.79 Å². The van der Waals surface area contributed by atoms with E-state index in [9.17, 15) is 4.79 Å². The Morgan fingerprint density at radius 1 is 0.880 bits per heavy atom. The molecule has 0 aliphatic heterocycles. The predicted octanol–water partition coefficient (Wildman–Crippen LogP) is 6.22. The van der Waals surface area contributed by atoms with Crippen LogP contribution in [-0.2, 0) is 6.42 Å². The number of hydrogen-bond donors (Lipinski definition) is 0. The molecule has 0 amide bonds. The molecule has 2 nitrogen and oxygen atoms in total. The largest absolute Gasteiger partial charge is 0.496 e. The van der Waals surface area contributed by atoms with Crippen LogP contribution in [0.5, 0.6) is 5.75 Å². The summed E-state index contributed by atoms with van der Waals surface area (Å²) in [7, 11) is 1.62. The zero-order chi connectivity index (χ0) is 17.9. The highest BCUT2D eigenvalue weighted by Crippen LogP contribution is 2.24. The van der Waals surface area contributed by atoms with E-state index in [0.717, 1.165) is 6.42 Å². The minimum Gasteiger partial charge on any atom is -0.496 e. The summed E-state index contributed by atoms with van der Waals surface area (Å²) in [6, 6.07) is 15.4. The van der Waals surface area contributed by atoms with Crippen molar-refractivity contribution in [1.82, 2.24) is 0 Å². The molecule has 0 spiro atoms. The van der Waals surface area contributed by atoms with Crippen molar-refractivity contribution in [3.63, 3.8) is 0 Å². The number of carbonyl (C=O) groups is 1. The number of ether oxygens (including phenoxy) is 1. The lowest BCUT2D eigenvalue weighted by Crippen LogP contribution is -2.05. The maximum atomic E-state index is 12.8. The normalized spacial score (nSPS) is 10.6. The summed E-state index contributed by atoms with van der Waals surface area (Å²) in [5, 5.41) is 0. The molecule has 2 rings (SSSR count). The van der Waals surface area contributed by atoms with Gasteiger partial charge in [0.2, 0.25) is 0 Å². The van der Waals surface area contributed by atoms with Crippen LogP contribution in [0.15, 0.2) is 48.5 Å². The van der Waals surface area contributed by atoms with Crippen LogP contribution in [0.25, 0.3) is 0 Å². The highest BCUT2D eigenvalue weighted by molar-refractivity contribution is 6.10. The highest BCUT2D eigenvalue weighted by atomic mass is 16.5. The summed E-state index contributed by atoms with van der Waals surface area (Å²) in [4.78, 5) is 12.8. The smallest absolute Gasteiger partial charge is 0.196 e. The van der Waals surface area contributed by atoms with Gasteiger partial charge in [-0.05, 0) is 30.5 Å². The van der Waals surface area contributed by atoms with Gasteiger partial charge in [-0.15, -0.1) is 0 Å². The summed E-state index contributed by atoms with van der Waals surface area (Å²) in [5.74, 6) is 0.677. The van der Waals surface area contributed by atoms with Crippen molar-refractivity contribution in [2.45, 2.75) is 58.3 Å². The van der Waals surface area contributed by atoms with Gasteiger partial charge in [-0.25, -0.2) is 0 Å². The lowest BCUT2D eigenvalue weighted by atomic mass is 9.98. The fraction of sp³-hybridized carbons (Fsp3) is 0.435. The van der Waals surface area contributed by atoms with Gasteiger partial charge in [-0.1, -0.05) is 81.8 Å². The van der Waals surface area contributed by atoms with Crippen LogP contribution < -0.4 is 4.74 Å². The Balaban J connectivity index is 1.96. The first-order valence-electron chi connectivity index (χ1n) is 9.53. The number of methoxy groups -OCH3 is 1. The molecule has 0 saturated heterocycles. The molecule has 0 saturated carbocycles. The molecule has 0 bridgehead atoms. The van der Waals surface area contributed by atoms with E-state index in [1.54, 1.807) is 7.11 Å². The van der Waals surface area contributed by atoms with E-state index < -0.39 is 0 Å². The molecule has 0 aliphatic rings. The summed E-state index contributed by atoms with van der Waals surface area (Å²) < 4.78 is 5.40. The number of hydrogen-bond acceptors (Lipinski definition) is 2. The third-order valence-corrected chi connectivity index (χ3v) is 4.61. The Bertz CT molecular complexity index is 646. The van der Waals surface area contributed by atoms with Gasteiger partial charge in [-0.2, -0.15) is 0 Å². The molecule has 0 fully saturated rings. The topological polar surface area (TPSA) is 26.3 Å². The van der Waals surface area contributed by atoms with Gasteiger partial charge < -0.3 is 4.74 Å². The van der Waals surface area contributed by atoms with E-state index in [-0.39, 0.29) is 5.78 Å². The molecule has 0 unspecified atom stereocenters. The second-order valence-corrected chi connectivity index (χ2v) is 6.60. The van der Waals surface area contributed by atoms with E-state index in [1.165, 1.54) is 50.5 Å². The maximum absolute atomic E-state index is 12.8. The Morgan fingerprint density at radius 2 is 1.56 bits per heavy atom. The zero-order valence-corrected chi connectivity index (χ0v) is 15.6. The summed E-state index contributed by atoms with van der Waals surface area (Å²) in [5.41, 5.74) is 2.58. The zero-order valence-electron chi connectivity index (χ0n) is 15.6. The molecule has 134 valence electrons. The van der Waals surface area contributed by atoms with E-state index in [2.05, 4.69) is 13.0 Å². The maximum Gasteiger partial charge on any atom is 0.196 e. The number of benzene rings is 2. The number of unbranched alkanes of at least 4 members (excludes halogenated alkanes) is 6. The minimum atomic E-state index is 0.0267. The van der Waals surface area contributed by atoms with E-state index in [0.29, 0.717) is 16.9 Å². The minimum absolute atomic E-state index is 0.0267. The second-order valence-electron chi connectivity index (χ2n) is 6.60. The van der Waals surface area contributed by atoms with E-state index in [4.69, 9.17) is 4.74 Å². The molecular weight excluding hydrogens is 308 g/mol. The van der Waals surface area contributed by atoms with Gasteiger partial charge in [0.25, 0.3) is 0 Å². The third kappa shape index (κ3) is 6.04. The molecule has 0 N–H and O–H groups in total. The first kappa shape index (κ1) is 19.2. The number of aryl methyl sites for hydroxylation is 1. The lowest BCUT2D eigenvalue weighted by Gasteiger charge is -2.10.